The van der Waals surface area contributed by atoms with Crippen molar-refractivity contribution in [1.82, 2.24) is 5.32 Å². The molecule has 0 aliphatic carbocycles. The summed E-state index contributed by atoms with van der Waals surface area (Å²) in [5.74, 6) is -3.73. The monoisotopic (exact) mass is 370 g/mol. The highest BCUT2D eigenvalue weighted by Gasteiger charge is 2.39. The predicted octanol–water partition coefficient (Wildman–Crippen LogP) is 0.669. The molecule has 0 heterocycles. The molecular weight excluding hydrogens is 352 g/mol. The van der Waals surface area contributed by atoms with Crippen LogP contribution < -0.4 is 11.1 Å². The molecule has 0 aliphatic rings. The maximum absolute atomic E-state index is 12.3. The lowest BCUT2D eigenvalue weighted by Gasteiger charge is -2.23. The second-order valence-corrected chi connectivity index (χ2v) is 5.40. The Balaban J connectivity index is 2.25. The third-order valence-electron chi connectivity index (χ3n) is 3.55. The van der Waals surface area contributed by atoms with Crippen molar-refractivity contribution in [2.45, 2.75) is 12.2 Å². The number of carbonyl (C=O) groups is 4. The Kier molecular flexibility index (Phi) is 6.65. The average molecular weight is 370 g/mol. The van der Waals surface area contributed by atoms with E-state index in [1.807, 2.05) is 0 Å². The number of amides is 2. The minimum Gasteiger partial charge on any atom is -0.444 e. The Hall–Kier alpha value is -3.68. The van der Waals surface area contributed by atoms with Gasteiger partial charge in [0.25, 0.3) is 11.8 Å². The lowest BCUT2D eigenvalue weighted by Crippen LogP contribution is -2.51. The molecule has 2 aromatic carbocycles. The fourth-order valence-corrected chi connectivity index (χ4v) is 2.18. The second kappa shape index (κ2) is 9.14. The van der Waals surface area contributed by atoms with Crippen molar-refractivity contribution < 1.29 is 28.7 Å². The Bertz CT molecular complexity index is 823. The molecule has 2 atom stereocenters. The third kappa shape index (κ3) is 5.15. The highest BCUT2D eigenvalue weighted by Crippen LogP contribution is 2.12. The molecule has 8 nitrogen and oxygen atoms in total. The zero-order chi connectivity index (χ0) is 19.8. The zero-order valence-electron chi connectivity index (χ0n) is 14.5. The lowest BCUT2D eigenvalue weighted by atomic mass is 10.1. The highest BCUT2D eigenvalue weighted by atomic mass is 16.6. The van der Waals surface area contributed by atoms with Crippen LogP contribution in [0.15, 0.2) is 60.7 Å². The van der Waals surface area contributed by atoms with Gasteiger partial charge in [0.05, 0.1) is 11.1 Å². The van der Waals surface area contributed by atoms with Crippen LogP contribution in [0.4, 0.5) is 0 Å². The topological polar surface area (TPSA) is 125 Å². The molecule has 0 spiro atoms. The molecule has 0 radical (unpaired) electrons. The number of hydrogen-bond acceptors (Lipinski definition) is 6. The fourth-order valence-electron chi connectivity index (χ4n) is 2.18. The van der Waals surface area contributed by atoms with Gasteiger partial charge in [-0.3, -0.25) is 9.59 Å². The van der Waals surface area contributed by atoms with Gasteiger partial charge in [0.15, 0.2) is 0 Å². The molecular formula is C19H18N2O6. The smallest absolute Gasteiger partial charge is 0.339 e. The number of likely N-dealkylation sites (N-methyl/N-ethyl adjacent to an activating group) is 1. The van der Waals surface area contributed by atoms with E-state index in [0.717, 1.165) is 0 Å². The number of rotatable bonds is 7. The first-order valence-corrected chi connectivity index (χ1v) is 7.97. The van der Waals surface area contributed by atoms with E-state index in [-0.39, 0.29) is 11.1 Å². The minimum atomic E-state index is -1.80. The van der Waals surface area contributed by atoms with Crippen LogP contribution >= 0.6 is 0 Å². The maximum atomic E-state index is 12.3. The lowest BCUT2D eigenvalue weighted by molar-refractivity contribution is -0.145. The Morgan fingerprint density at radius 3 is 1.56 bits per heavy atom. The Morgan fingerprint density at radius 2 is 1.19 bits per heavy atom. The van der Waals surface area contributed by atoms with Crippen molar-refractivity contribution in [2.75, 3.05) is 7.05 Å². The van der Waals surface area contributed by atoms with Gasteiger partial charge in [-0.15, -0.1) is 0 Å². The molecule has 0 bridgehead atoms. The van der Waals surface area contributed by atoms with Gasteiger partial charge in [-0.05, 0) is 24.3 Å². The second-order valence-electron chi connectivity index (χ2n) is 5.40. The van der Waals surface area contributed by atoms with Gasteiger partial charge in [0, 0.05) is 7.05 Å². The predicted molar refractivity (Wildman–Crippen MR) is 94.6 cm³/mol. The molecule has 2 rings (SSSR count). The van der Waals surface area contributed by atoms with Crippen molar-refractivity contribution in [3.63, 3.8) is 0 Å². The van der Waals surface area contributed by atoms with Crippen LogP contribution in [0.1, 0.15) is 20.7 Å². The van der Waals surface area contributed by atoms with E-state index in [1.54, 1.807) is 36.4 Å². The number of nitrogens with one attached hydrogen (secondary N) is 1. The van der Waals surface area contributed by atoms with Crippen molar-refractivity contribution in [3.8, 4) is 0 Å². The molecule has 140 valence electrons. The maximum Gasteiger partial charge on any atom is 0.339 e. The summed E-state index contributed by atoms with van der Waals surface area (Å²) in [6.45, 7) is 0. The molecule has 0 fully saturated rings. The molecule has 2 amide bonds. The van der Waals surface area contributed by atoms with Crippen molar-refractivity contribution >= 4 is 23.8 Å². The third-order valence-corrected chi connectivity index (χ3v) is 3.55. The summed E-state index contributed by atoms with van der Waals surface area (Å²) in [7, 11) is 1.28. The summed E-state index contributed by atoms with van der Waals surface area (Å²) >= 11 is 0. The van der Waals surface area contributed by atoms with Crippen LogP contribution in [0.5, 0.6) is 0 Å². The van der Waals surface area contributed by atoms with Crippen LogP contribution in [0.25, 0.3) is 0 Å². The molecule has 0 aromatic heterocycles. The van der Waals surface area contributed by atoms with Crippen LogP contribution in [0, 0.1) is 0 Å². The summed E-state index contributed by atoms with van der Waals surface area (Å²) in [5.41, 5.74) is 5.59. The van der Waals surface area contributed by atoms with Gasteiger partial charge >= 0.3 is 11.9 Å². The SMILES string of the molecule is CNC(=O)[C@H](OC(=O)c1ccccc1)[C@@H](OC(=O)c1ccccc1)C(N)=O. The number of ether oxygens (including phenoxy) is 2. The normalized spacial score (nSPS) is 12.3. The highest BCUT2D eigenvalue weighted by molar-refractivity contribution is 5.97. The molecule has 3 N–H and O–H groups in total. The molecule has 0 saturated heterocycles. The van der Waals surface area contributed by atoms with Crippen LogP contribution in [-0.4, -0.2) is 43.0 Å². The fraction of sp³-hybridized carbons (Fsp3) is 0.158. The van der Waals surface area contributed by atoms with E-state index in [2.05, 4.69) is 5.32 Å². The number of hydrogen-bond donors (Lipinski definition) is 2. The first kappa shape index (κ1) is 19.6. The quantitative estimate of drug-likeness (QED) is 0.690. The summed E-state index contributed by atoms with van der Waals surface area (Å²) < 4.78 is 10.2. The number of nitrogens with two attached hydrogens (primary N) is 1. The van der Waals surface area contributed by atoms with Gasteiger partial charge in [-0.2, -0.15) is 0 Å². The van der Waals surface area contributed by atoms with Gasteiger partial charge in [0.1, 0.15) is 0 Å². The van der Waals surface area contributed by atoms with Crippen molar-refractivity contribution in [1.29, 1.82) is 0 Å². The molecule has 0 aliphatic heterocycles. The summed E-state index contributed by atoms with van der Waals surface area (Å²) in [4.78, 5) is 48.5. The van der Waals surface area contributed by atoms with Crippen LogP contribution in [0.2, 0.25) is 0 Å². The number of benzene rings is 2. The Labute approximate surface area is 155 Å². The Morgan fingerprint density at radius 1 is 0.778 bits per heavy atom. The summed E-state index contributed by atoms with van der Waals surface area (Å²) in [6.07, 6.45) is -3.54. The number of primary amides is 1. The van der Waals surface area contributed by atoms with Crippen LogP contribution in [0.3, 0.4) is 0 Å². The molecule has 8 heteroatoms. The molecule has 2 aromatic rings. The average Bonchev–Trinajstić information content (AvgIpc) is 2.70. The van der Waals surface area contributed by atoms with Crippen molar-refractivity contribution in [2.24, 2.45) is 5.73 Å². The van der Waals surface area contributed by atoms with E-state index in [1.165, 1.54) is 31.3 Å². The van der Waals surface area contributed by atoms with E-state index in [4.69, 9.17) is 15.2 Å². The van der Waals surface area contributed by atoms with Gasteiger partial charge < -0.3 is 20.5 Å². The zero-order valence-corrected chi connectivity index (χ0v) is 14.5. The standard InChI is InChI=1S/C19H18N2O6/c1-21-17(23)15(27-19(25)13-10-6-3-7-11-13)14(16(20)22)26-18(24)12-8-4-2-5-9-12/h2-11,14-15H,1H3,(H2,20,22)(H,21,23)/t14-,15-/m1/s1. The van der Waals surface area contributed by atoms with Crippen molar-refractivity contribution in [3.05, 3.63) is 71.8 Å². The largest absolute Gasteiger partial charge is 0.444 e. The van der Waals surface area contributed by atoms with Crippen LogP contribution in [-0.2, 0) is 19.1 Å². The summed E-state index contributed by atoms with van der Waals surface area (Å²) in [5, 5.41) is 2.26. The minimum absolute atomic E-state index is 0.147. The van der Waals surface area contributed by atoms with Gasteiger partial charge in [0.2, 0.25) is 12.2 Å². The molecule has 27 heavy (non-hydrogen) atoms. The first-order chi connectivity index (χ1) is 12.9. The van der Waals surface area contributed by atoms with Gasteiger partial charge in [-0.1, -0.05) is 36.4 Å². The molecule has 0 saturated carbocycles. The first-order valence-electron chi connectivity index (χ1n) is 7.97. The summed E-state index contributed by atoms with van der Waals surface area (Å²) in [6, 6.07) is 15.7. The molecule has 0 unspecified atom stereocenters. The van der Waals surface area contributed by atoms with E-state index in [0.29, 0.717) is 0 Å². The van der Waals surface area contributed by atoms with E-state index < -0.39 is 36.0 Å². The van der Waals surface area contributed by atoms with E-state index >= 15 is 0 Å². The van der Waals surface area contributed by atoms with Gasteiger partial charge in [-0.25, -0.2) is 9.59 Å². The number of esters is 2. The number of carbonyl (C=O) groups excluding carboxylic acids is 4. The van der Waals surface area contributed by atoms with E-state index in [9.17, 15) is 19.2 Å².